The Balaban J connectivity index is 1.94. The van der Waals surface area contributed by atoms with Crippen molar-refractivity contribution in [3.63, 3.8) is 0 Å². The van der Waals surface area contributed by atoms with Crippen LogP contribution in [-0.2, 0) is 19.6 Å². The standard InChI is InChI=1S/C14H20N4/c1-4-18-14(7-12(3)17-18)10-16-9-13-8-15-6-5-11(13)2/h5-8,16H,4,9-10H2,1-3H3. The Labute approximate surface area is 108 Å². The number of hydrogen-bond donors (Lipinski definition) is 1. The fraction of sp³-hybridized carbons (Fsp3) is 0.429. The Hall–Kier alpha value is -1.68. The van der Waals surface area contributed by atoms with E-state index in [-0.39, 0.29) is 0 Å². The number of nitrogens with one attached hydrogen (secondary N) is 1. The van der Waals surface area contributed by atoms with Crippen LogP contribution in [0.5, 0.6) is 0 Å². The average Bonchev–Trinajstić information content (AvgIpc) is 2.72. The molecule has 0 spiro atoms. The van der Waals surface area contributed by atoms with Gasteiger partial charge in [0.25, 0.3) is 0 Å². The maximum absolute atomic E-state index is 4.44. The van der Waals surface area contributed by atoms with Gasteiger partial charge in [-0.3, -0.25) is 9.67 Å². The summed E-state index contributed by atoms with van der Waals surface area (Å²) in [5.41, 5.74) is 4.83. The fourth-order valence-electron chi connectivity index (χ4n) is 2.02. The van der Waals surface area contributed by atoms with Crippen LogP contribution in [0.25, 0.3) is 0 Å². The van der Waals surface area contributed by atoms with Gasteiger partial charge in [-0.2, -0.15) is 5.10 Å². The van der Waals surface area contributed by atoms with Crippen LogP contribution in [0.4, 0.5) is 0 Å². The van der Waals surface area contributed by atoms with Crippen LogP contribution in [0.2, 0.25) is 0 Å². The van der Waals surface area contributed by atoms with Gasteiger partial charge >= 0.3 is 0 Å². The molecule has 0 amide bonds. The molecule has 2 aromatic rings. The second-order valence-corrected chi connectivity index (χ2v) is 4.50. The van der Waals surface area contributed by atoms with Crippen LogP contribution in [0, 0.1) is 13.8 Å². The SMILES string of the molecule is CCn1nc(C)cc1CNCc1cnccc1C. The van der Waals surface area contributed by atoms with Gasteiger partial charge in [0.1, 0.15) is 0 Å². The molecule has 0 aromatic carbocycles. The lowest BCUT2D eigenvalue weighted by atomic mass is 10.1. The minimum atomic E-state index is 0.836. The summed E-state index contributed by atoms with van der Waals surface area (Å²) in [6.07, 6.45) is 3.75. The topological polar surface area (TPSA) is 42.7 Å². The molecule has 0 aliphatic carbocycles. The van der Waals surface area contributed by atoms with Crippen LogP contribution in [0.3, 0.4) is 0 Å². The summed E-state index contributed by atoms with van der Waals surface area (Å²) in [5, 5.41) is 7.88. The fourth-order valence-corrected chi connectivity index (χ4v) is 2.02. The first-order valence-electron chi connectivity index (χ1n) is 6.34. The van der Waals surface area contributed by atoms with Gasteiger partial charge in [-0.05, 0) is 44.0 Å². The molecule has 2 heterocycles. The van der Waals surface area contributed by atoms with E-state index in [1.54, 1.807) is 0 Å². The molecule has 0 aliphatic rings. The second-order valence-electron chi connectivity index (χ2n) is 4.50. The highest BCUT2D eigenvalue weighted by molar-refractivity contribution is 5.21. The van der Waals surface area contributed by atoms with Crippen LogP contribution < -0.4 is 5.32 Å². The van der Waals surface area contributed by atoms with Crippen molar-refractivity contribution in [2.75, 3.05) is 0 Å². The first-order chi connectivity index (χ1) is 8.70. The minimum Gasteiger partial charge on any atom is -0.307 e. The summed E-state index contributed by atoms with van der Waals surface area (Å²) in [7, 11) is 0. The van der Waals surface area contributed by atoms with Crippen molar-refractivity contribution in [2.24, 2.45) is 0 Å². The summed E-state index contributed by atoms with van der Waals surface area (Å²) in [6, 6.07) is 4.17. The van der Waals surface area contributed by atoms with Gasteiger partial charge in [0, 0.05) is 32.0 Å². The Bertz CT molecular complexity index is 516. The molecule has 1 N–H and O–H groups in total. The molecule has 4 nitrogen and oxygen atoms in total. The Morgan fingerprint density at radius 3 is 2.83 bits per heavy atom. The summed E-state index contributed by atoms with van der Waals surface area (Å²) in [6.45, 7) is 8.84. The first kappa shape index (κ1) is 12.8. The highest BCUT2D eigenvalue weighted by Gasteiger charge is 2.04. The average molecular weight is 244 g/mol. The molecular weight excluding hydrogens is 224 g/mol. The Morgan fingerprint density at radius 1 is 1.28 bits per heavy atom. The Kier molecular flexibility index (Phi) is 4.10. The predicted octanol–water partition coefficient (Wildman–Crippen LogP) is 2.20. The van der Waals surface area contributed by atoms with Crippen molar-refractivity contribution in [2.45, 2.75) is 40.4 Å². The van der Waals surface area contributed by atoms with E-state index >= 15 is 0 Å². The molecule has 0 fully saturated rings. The summed E-state index contributed by atoms with van der Waals surface area (Å²) < 4.78 is 2.04. The van der Waals surface area contributed by atoms with Gasteiger partial charge in [0.2, 0.25) is 0 Å². The Morgan fingerprint density at radius 2 is 2.11 bits per heavy atom. The summed E-state index contributed by atoms with van der Waals surface area (Å²) in [4.78, 5) is 4.15. The van der Waals surface area contributed by atoms with Crippen molar-refractivity contribution in [1.82, 2.24) is 20.1 Å². The number of rotatable bonds is 5. The van der Waals surface area contributed by atoms with E-state index in [0.29, 0.717) is 0 Å². The van der Waals surface area contributed by atoms with E-state index in [9.17, 15) is 0 Å². The summed E-state index contributed by atoms with van der Waals surface area (Å²) >= 11 is 0. The smallest absolute Gasteiger partial charge is 0.0597 e. The van der Waals surface area contributed by atoms with Crippen LogP contribution in [-0.4, -0.2) is 14.8 Å². The lowest BCUT2D eigenvalue weighted by Crippen LogP contribution is -2.16. The lowest BCUT2D eigenvalue weighted by molar-refractivity contribution is 0.578. The van der Waals surface area contributed by atoms with Crippen molar-refractivity contribution in [3.05, 3.63) is 47.0 Å². The van der Waals surface area contributed by atoms with E-state index < -0.39 is 0 Å². The molecule has 0 unspecified atom stereocenters. The second kappa shape index (κ2) is 5.78. The third-order valence-corrected chi connectivity index (χ3v) is 3.05. The third kappa shape index (κ3) is 2.96. The van der Waals surface area contributed by atoms with E-state index in [1.165, 1.54) is 16.8 Å². The van der Waals surface area contributed by atoms with Gasteiger partial charge < -0.3 is 5.32 Å². The van der Waals surface area contributed by atoms with Gasteiger partial charge in [-0.25, -0.2) is 0 Å². The maximum Gasteiger partial charge on any atom is 0.0597 e. The molecule has 96 valence electrons. The predicted molar refractivity (Wildman–Crippen MR) is 72.2 cm³/mol. The van der Waals surface area contributed by atoms with E-state index in [2.05, 4.69) is 35.3 Å². The number of hydrogen-bond acceptors (Lipinski definition) is 3. The molecule has 0 aliphatic heterocycles. The molecule has 0 atom stereocenters. The van der Waals surface area contributed by atoms with Crippen molar-refractivity contribution < 1.29 is 0 Å². The molecule has 0 saturated heterocycles. The molecule has 2 aromatic heterocycles. The highest BCUT2D eigenvalue weighted by Crippen LogP contribution is 2.06. The van der Waals surface area contributed by atoms with Gasteiger partial charge in [-0.15, -0.1) is 0 Å². The largest absolute Gasteiger partial charge is 0.307 e. The zero-order chi connectivity index (χ0) is 13.0. The highest BCUT2D eigenvalue weighted by atomic mass is 15.3. The zero-order valence-electron chi connectivity index (χ0n) is 11.3. The lowest BCUT2D eigenvalue weighted by Gasteiger charge is -2.08. The quantitative estimate of drug-likeness (QED) is 0.877. The molecule has 0 radical (unpaired) electrons. The summed E-state index contributed by atoms with van der Waals surface area (Å²) in [5.74, 6) is 0. The molecule has 18 heavy (non-hydrogen) atoms. The van der Waals surface area contributed by atoms with E-state index in [0.717, 1.165) is 25.3 Å². The van der Waals surface area contributed by atoms with Crippen LogP contribution in [0.1, 0.15) is 29.4 Å². The third-order valence-electron chi connectivity index (χ3n) is 3.05. The van der Waals surface area contributed by atoms with Crippen molar-refractivity contribution >= 4 is 0 Å². The maximum atomic E-state index is 4.44. The monoisotopic (exact) mass is 244 g/mol. The van der Waals surface area contributed by atoms with Crippen LogP contribution >= 0.6 is 0 Å². The molecular formula is C14H20N4. The van der Waals surface area contributed by atoms with Crippen molar-refractivity contribution in [3.8, 4) is 0 Å². The normalized spacial score (nSPS) is 10.8. The minimum absolute atomic E-state index is 0.836. The van der Waals surface area contributed by atoms with E-state index in [4.69, 9.17) is 0 Å². The molecule has 0 saturated carbocycles. The first-order valence-corrected chi connectivity index (χ1v) is 6.34. The van der Waals surface area contributed by atoms with Gasteiger partial charge in [0.15, 0.2) is 0 Å². The van der Waals surface area contributed by atoms with Gasteiger partial charge in [-0.1, -0.05) is 0 Å². The number of pyridine rings is 1. The van der Waals surface area contributed by atoms with Crippen molar-refractivity contribution in [1.29, 1.82) is 0 Å². The molecule has 4 heteroatoms. The van der Waals surface area contributed by atoms with E-state index in [1.807, 2.05) is 30.1 Å². The van der Waals surface area contributed by atoms with Crippen LogP contribution in [0.15, 0.2) is 24.5 Å². The van der Waals surface area contributed by atoms with Gasteiger partial charge in [0.05, 0.1) is 11.4 Å². The zero-order valence-corrected chi connectivity index (χ0v) is 11.3. The number of aryl methyl sites for hydroxylation is 3. The molecule has 0 bridgehead atoms. The number of aromatic nitrogens is 3. The molecule has 2 rings (SSSR count). The number of nitrogens with zero attached hydrogens (tertiary/aromatic N) is 3.